The Labute approximate surface area is 127 Å². The van der Waals surface area contributed by atoms with Crippen molar-refractivity contribution in [2.75, 3.05) is 25.4 Å². The summed E-state index contributed by atoms with van der Waals surface area (Å²) in [6, 6.07) is 7.66. The maximum absolute atomic E-state index is 11.9. The van der Waals surface area contributed by atoms with Gasteiger partial charge in [-0.1, -0.05) is 6.42 Å². The Bertz CT molecular complexity index is 422. The minimum absolute atomic E-state index is 0. The van der Waals surface area contributed by atoms with Crippen molar-refractivity contribution in [3.05, 3.63) is 29.8 Å². The van der Waals surface area contributed by atoms with Gasteiger partial charge in [0.25, 0.3) is 5.91 Å². The number of nitrogens with one attached hydrogen (secondary N) is 1. The van der Waals surface area contributed by atoms with Crippen LogP contribution in [0.4, 0.5) is 5.69 Å². The van der Waals surface area contributed by atoms with E-state index in [1.807, 2.05) is 0 Å². The largest absolute Gasteiger partial charge is 0.399 e. The van der Waals surface area contributed by atoms with E-state index in [0.717, 1.165) is 13.1 Å². The van der Waals surface area contributed by atoms with Gasteiger partial charge in [-0.15, -0.1) is 12.4 Å². The second-order valence-corrected chi connectivity index (χ2v) is 5.26. The number of anilines is 1. The summed E-state index contributed by atoms with van der Waals surface area (Å²) in [5.74, 6) is -0.0235. The topological polar surface area (TPSA) is 58.4 Å². The van der Waals surface area contributed by atoms with Gasteiger partial charge in [-0.05, 0) is 50.6 Å². The third kappa shape index (κ3) is 4.69. The minimum atomic E-state index is -0.0235. The van der Waals surface area contributed by atoms with Crippen LogP contribution in [0.5, 0.6) is 0 Å². The van der Waals surface area contributed by atoms with Gasteiger partial charge >= 0.3 is 0 Å². The third-order valence-corrected chi connectivity index (χ3v) is 3.80. The summed E-state index contributed by atoms with van der Waals surface area (Å²) in [5, 5.41) is 2.96. The molecule has 3 N–H and O–H groups in total. The number of benzene rings is 1. The molecule has 1 heterocycles. The van der Waals surface area contributed by atoms with Crippen LogP contribution >= 0.6 is 12.4 Å². The van der Waals surface area contributed by atoms with E-state index in [4.69, 9.17) is 5.73 Å². The van der Waals surface area contributed by atoms with Gasteiger partial charge in [-0.2, -0.15) is 0 Å². The molecular formula is C15H24ClN3O. The molecule has 4 nitrogen and oxygen atoms in total. The van der Waals surface area contributed by atoms with E-state index in [1.165, 1.54) is 19.3 Å². The van der Waals surface area contributed by atoms with E-state index in [0.29, 0.717) is 23.8 Å². The van der Waals surface area contributed by atoms with E-state index < -0.39 is 0 Å². The van der Waals surface area contributed by atoms with Crippen LogP contribution in [0.1, 0.15) is 36.5 Å². The lowest BCUT2D eigenvalue weighted by molar-refractivity contribution is 0.0938. The molecule has 0 radical (unpaired) electrons. The minimum Gasteiger partial charge on any atom is -0.399 e. The molecule has 0 spiro atoms. The van der Waals surface area contributed by atoms with Crippen LogP contribution in [0, 0.1) is 0 Å². The lowest BCUT2D eigenvalue weighted by Crippen LogP contribution is -2.42. The lowest BCUT2D eigenvalue weighted by Gasteiger charge is -2.33. The summed E-state index contributed by atoms with van der Waals surface area (Å²) in [6.07, 6.45) is 3.87. The highest BCUT2D eigenvalue weighted by Gasteiger charge is 2.17. The average molecular weight is 298 g/mol. The Kier molecular flexibility index (Phi) is 6.82. The smallest absolute Gasteiger partial charge is 0.251 e. The van der Waals surface area contributed by atoms with Crippen molar-refractivity contribution >= 4 is 24.0 Å². The molecule has 1 atom stereocenters. The summed E-state index contributed by atoms with van der Waals surface area (Å²) in [4.78, 5) is 14.4. The average Bonchev–Trinajstić information content (AvgIpc) is 2.41. The SMILES string of the molecule is CC1CCCCN1CCNC(=O)c1ccc(N)cc1.Cl. The molecule has 1 amide bonds. The van der Waals surface area contributed by atoms with Crippen molar-refractivity contribution in [1.29, 1.82) is 0 Å². The summed E-state index contributed by atoms with van der Waals surface area (Å²) in [5.41, 5.74) is 6.95. The number of rotatable bonds is 4. The fourth-order valence-corrected chi connectivity index (χ4v) is 2.54. The van der Waals surface area contributed by atoms with Gasteiger partial charge in [0.1, 0.15) is 0 Å². The number of likely N-dealkylation sites (tertiary alicyclic amines) is 1. The molecule has 1 fully saturated rings. The van der Waals surface area contributed by atoms with Crippen molar-refractivity contribution in [2.24, 2.45) is 0 Å². The number of carbonyl (C=O) groups excluding carboxylic acids is 1. The number of piperidine rings is 1. The quantitative estimate of drug-likeness (QED) is 0.839. The Morgan fingerprint density at radius 2 is 2.05 bits per heavy atom. The van der Waals surface area contributed by atoms with Crippen LogP contribution < -0.4 is 11.1 Å². The fraction of sp³-hybridized carbons (Fsp3) is 0.533. The van der Waals surface area contributed by atoms with Gasteiger partial charge in [-0.25, -0.2) is 0 Å². The number of nitrogen functional groups attached to an aromatic ring is 1. The predicted molar refractivity (Wildman–Crippen MR) is 85.3 cm³/mol. The molecule has 112 valence electrons. The van der Waals surface area contributed by atoms with Crippen LogP contribution in [0.15, 0.2) is 24.3 Å². The summed E-state index contributed by atoms with van der Waals surface area (Å²) in [6.45, 7) is 5.05. The molecule has 1 unspecified atom stereocenters. The number of nitrogens with zero attached hydrogens (tertiary/aromatic N) is 1. The molecule has 1 aromatic rings. The molecule has 0 bridgehead atoms. The van der Waals surface area contributed by atoms with Crippen LogP contribution in [0.2, 0.25) is 0 Å². The Morgan fingerprint density at radius 3 is 2.70 bits per heavy atom. The highest BCUT2D eigenvalue weighted by molar-refractivity contribution is 5.94. The Balaban J connectivity index is 0.00000200. The molecule has 0 aliphatic carbocycles. The van der Waals surface area contributed by atoms with Gasteiger partial charge in [0, 0.05) is 30.4 Å². The molecule has 0 saturated carbocycles. The van der Waals surface area contributed by atoms with Crippen molar-refractivity contribution in [3.8, 4) is 0 Å². The highest BCUT2D eigenvalue weighted by Crippen LogP contribution is 2.15. The Hall–Kier alpha value is -1.26. The number of hydrogen-bond donors (Lipinski definition) is 2. The summed E-state index contributed by atoms with van der Waals surface area (Å²) >= 11 is 0. The molecule has 0 aromatic heterocycles. The number of halogens is 1. The van der Waals surface area contributed by atoms with E-state index >= 15 is 0 Å². The lowest BCUT2D eigenvalue weighted by atomic mass is 10.0. The molecule has 2 rings (SSSR count). The predicted octanol–water partition coefficient (Wildman–Crippen LogP) is 2.29. The van der Waals surface area contributed by atoms with Crippen molar-refractivity contribution < 1.29 is 4.79 Å². The van der Waals surface area contributed by atoms with Crippen LogP contribution in [0.25, 0.3) is 0 Å². The fourth-order valence-electron chi connectivity index (χ4n) is 2.54. The number of nitrogens with two attached hydrogens (primary N) is 1. The highest BCUT2D eigenvalue weighted by atomic mass is 35.5. The number of amides is 1. The van der Waals surface area contributed by atoms with Gasteiger partial charge < -0.3 is 11.1 Å². The second-order valence-electron chi connectivity index (χ2n) is 5.26. The van der Waals surface area contributed by atoms with Crippen LogP contribution in [-0.2, 0) is 0 Å². The zero-order chi connectivity index (χ0) is 13.7. The first-order valence-electron chi connectivity index (χ1n) is 7.04. The van der Waals surface area contributed by atoms with Gasteiger partial charge in [0.2, 0.25) is 0 Å². The summed E-state index contributed by atoms with van der Waals surface area (Å²) in [7, 11) is 0. The maximum atomic E-state index is 11.9. The molecule has 1 aliphatic rings. The second kappa shape index (κ2) is 8.12. The van der Waals surface area contributed by atoms with Gasteiger partial charge in [0.15, 0.2) is 0 Å². The maximum Gasteiger partial charge on any atom is 0.251 e. The van der Waals surface area contributed by atoms with Crippen LogP contribution in [0.3, 0.4) is 0 Å². The third-order valence-electron chi connectivity index (χ3n) is 3.80. The van der Waals surface area contributed by atoms with Crippen molar-refractivity contribution in [1.82, 2.24) is 10.2 Å². The van der Waals surface area contributed by atoms with Crippen LogP contribution in [-0.4, -0.2) is 36.5 Å². The molecular weight excluding hydrogens is 274 g/mol. The normalized spacial score (nSPS) is 19.1. The van der Waals surface area contributed by atoms with E-state index in [1.54, 1.807) is 24.3 Å². The van der Waals surface area contributed by atoms with E-state index in [2.05, 4.69) is 17.1 Å². The molecule has 1 aliphatic heterocycles. The zero-order valence-electron chi connectivity index (χ0n) is 12.0. The number of carbonyl (C=O) groups is 1. The molecule has 5 heteroatoms. The first kappa shape index (κ1) is 16.8. The molecule has 1 aromatic carbocycles. The van der Waals surface area contributed by atoms with Crippen molar-refractivity contribution in [2.45, 2.75) is 32.2 Å². The van der Waals surface area contributed by atoms with Gasteiger partial charge in [0.05, 0.1) is 0 Å². The van der Waals surface area contributed by atoms with E-state index in [-0.39, 0.29) is 18.3 Å². The van der Waals surface area contributed by atoms with Crippen molar-refractivity contribution in [3.63, 3.8) is 0 Å². The van der Waals surface area contributed by atoms with Gasteiger partial charge in [-0.3, -0.25) is 9.69 Å². The van der Waals surface area contributed by atoms with E-state index in [9.17, 15) is 4.79 Å². The summed E-state index contributed by atoms with van der Waals surface area (Å²) < 4.78 is 0. The first-order chi connectivity index (χ1) is 9.16. The monoisotopic (exact) mass is 297 g/mol. The standard InChI is InChI=1S/C15H23N3O.ClH/c1-12-4-2-3-10-18(12)11-9-17-15(19)13-5-7-14(16)8-6-13;/h5-8,12H,2-4,9-11,16H2,1H3,(H,17,19);1H. The zero-order valence-corrected chi connectivity index (χ0v) is 12.8. The number of hydrogen-bond acceptors (Lipinski definition) is 3. The molecule has 20 heavy (non-hydrogen) atoms. The Morgan fingerprint density at radius 1 is 1.35 bits per heavy atom. The first-order valence-corrected chi connectivity index (χ1v) is 7.04. The molecule has 1 saturated heterocycles.